The fourth-order valence-electron chi connectivity index (χ4n) is 2.21. The lowest BCUT2D eigenvalue weighted by Gasteiger charge is -2.31. The number of tetrazole rings is 1. The second-order valence-electron chi connectivity index (χ2n) is 4.41. The molecule has 84 valence electrons. The number of aromatic nitrogens is 5. The third-order valence-corrected chi connectivity index (χ3v) is 3.04. The molecular formula is C10H14N6. The second kappa shape index (κ2) is 3.70. The van der Waals surface area contributed by atoms with Crippen LogP contribution in [-0.4, -0.2) is 38.3 Å². The average Bonchev–Trinajstić information content (AvgIpc) is 2.75. The van der Waals surface area contributed by atoms with E-state index >= 15 is 0 Å². The first-order valence-corrected chi connectivity index (χ1v) is 5.63. The van der Waals surface area contributed by atoms with Gasteiger partial charge in [0.05, 0.1) is 0 Å². The molecule has 1 aliphatic rings. The van der Waals surface area contributed by atoms with Crippen molar-refractivity contribution < 1.29 is 0 Å². The van der Waals surface area contributed by atoms with Crippen LogP contribution in [0.1, 0.15) is 19.8 Å². The molecule has 3 heterocycles. The van der Waals surface area contributed by atoms with Crippen molar-refractivity contribution in [3.63, 3.8) is 0 Å². The molecule has 6 nitrogen and oxygen atoms in total. The van der Waals surface area contributed by atoms with E-state index in [-0.39, 0.29) is 0 Å². The molecule has 0 saturated carbocycles. The van der Waals surface area contributed by atoms with Crippen LogP contribution in [0.3, 0.4) is 0 Å². The van der Waals surface area contributed by atoms with Gasteiger partial charge >= 0.3 is 0 Å². The lowest BCUT2D eigenvalue weighted by molar-refractivity contribution is 0.442. The maximum absolute atomic E-state index is 4.40. The van der Waals surface area contributed by atoms with Crippen LogP contribution in [0.4, 0.5) is 5.82 Å². The summed E-state index contributed by atoms with van der Waals surface area (Å²) in [4.78, 5) is 2.30. The molecule has 1 fully saturated rings. The van der Waals surface area contributed by atoms with Gasteiger partial charge in [0.15, 0.2) is 11.5 Å². The molecule has 1 aliphatic heterocycles. The summed E-state index contributed by atoms with van der Waals surface area (Å²) in [5, 5.41) is 15.6. The van der Waals surface area contributed by atoms with Crippen molar-refractivity contribution in [1.82, 2.24) is 25.3 Å². The molecule has 0 spiro atoms. The fraction of sp³-hybridized carbons (Fsp3) is 0.600. The van der Waals surface area contributed by atoms with E-state index in [9.17, 15) is 0 Å². The van der Waals surface area contributed by atoms with E-state index in [2.05, 4.69) is 32.4 Å². The minimum absolute atomic E-state index is 0.689. The van der Waals surface area contributed by atoms with Crippen LogP contribution < -0.4 is 4.90 Å². The Labute approximate surface area is 93.2 Å². The fourth-order valence-corrected chi connectivity index (χ4v) is 2.21. The molecule has 0 aliphatic carbocycles. The molecule has 0 bridgehead atoms. The van der Waals surface area contributed by atoms with Crippen LogP contribution in [0.2, 0.25) is 0 Å². The summed E-state index contributed by atoms with van der Waals surface area (Å²) < 4.78 is 1.48. The topological polar surface area (TPSA) is 59.2 Å². The SMILES string of the molecule is C[C@@H]1CCCN(c2ccc3nnnn3n2)C1. The minimum atomic E-state index is 0.689. The summed E-state index contributed by atoms with van der Waals surface area (Å²) >= 11 is 0. The quantitative estimate of drug-likeness (QED) is 0.707. The van der Waals surface area contributed by atoms with Crippen molar-refractivity contribution in [2.75, 3.05) is 18.0 Å². The van der Waals surface area contributed by atoms with Gasteiger partial charge in [-0.15, -0.1) is 14.8 Å². The Morgan fingerprint density at radius 1 is 1.38 bits per heavy atom. The van der Waals surface area contributed by atoms with E-state index in [0.29, 0.717) is 5.65 Å². The van der Waals surface area contributed by atoms with Crippen LogP contribution in [0.15, 0.2) is 12.1 Å². The van der Waals surface area contributed by atoms with Gasteiger partial charge in [0.1, 0.15) is 0 Å². The third-order valence-electron chi connectivity index (χ3n) is 3.04. The zero-order valence-electron chi connectivity index (χ0n) is 9.24. The van der Waals surface area contributed by atoms with Crippen molar-refractivity contribution in [3.8, 4) is 0 Å². The highest BCUT2D eigenvalue weighted by atomic mass is 15.6. The van der Waals surface area contributed by atoms with Crippen LogP contribution in [0, 0.1) is 5.92 Å². The summed E-state index contributed by atoms with van der Waals surface area (Å²) in [6, 6.07) is 3.89. The first-order chi connectivity index (χ1) is 7.83. The number of piperidine rings is 1. The van der Waals surface area contributed by atoms with Crippen LogP contribution in [0.25, 0.3) is 5.65 Å². The number of fused-ring (bicyclic) bond motifs is 1. The third kappa shape index (κ3) is 1.60. The highest BCUT2D eigenvalue weighted by Crippen LogP contribution is 2.20. The first-order valence-electron chi connectivity index (χ1n) is 5.63. The van der Waals surface area contributed by atoms with Gasteiger partial charge in [-0.05, 0) is 41.3 Å². The molecule has 0 N–H and O–H groups in total. The smallest absolute Gasteiger partial charge is 0.200 e. The minimum Gasteiger partial charge on any atom is -0.355 e. The number of nitrogens with zero attached hydrogens (tertiary/aromatic N) is 6. The summed E-state index contributed by atoms with van der Waals surface area (Å²) in [6.07, 6.45) is 2.54. The van der Waals surface area contributed by atoms with Crippen molar-refractivity contribution in [2.45, 2.75) is 19.8 Å². The van der Waals surface area contributed by atoms with Gasteiger partial charge in [-0.25, -0.2) is 0 Å². The largest absolute Gasteiger partial charge is 0.355 e. The predicted octanol–water partition coefficient (Wildman–Crippen LogP) is 0.756. The van der Waals surface area contributed by atoms with Gasteiger partial charge < -0.3 is 4.90 Å². The first kappa shape index (κ1) is 9.50. The standard InChI is InChI=1S/C10H14N6/c1-8-3-2-6-15(7-8)10-5-4-9-11-13-14-16(9)12-10/h4-5,8H,2-3,6-7H2,1H3/t8-/m1/s1. The molecule has 2 aromatic rings. The molecule has 2 aromatic heterocycles. The summed E-state index contributed by atoms with van der Waals surface area (Å²) in [6.45, 7) is 4.42. The zero-order chi connectivity index (χ0) is 11.0. The van der Waals surface area contributed by atoms with Gasteiger partial charge in [-0.3, -0.25) is 0 Å². The van der Waals surface area contributed by atoms with E-state index in [1.807, 2.05) is 12.1 Å². The molecule has 3 rings (SSSR count). The Balaban J connectivity index is 1.92. The van der Waals surface area contributed by atoms with E-state index in [1.165, 1.54) is 17.5 Å². The van der Waals surface area contributed by atoms with Crippen LogP contribution in [-0.2, 0) is 0 Å². The molecule has 1 atom stereocenters. The Kier molecular flexibility index (Phi) is 2.19. The number of anilines is 1. The maximum Gasteiger partial charge on any atom is 0.200 e. The monoisotopic (exact) mass is 218 g/mol. The lowest BCUT2D eigenvalue weighted by atomic mass is 10.0. The average molecular weight is 218 g/mol. The molecule has 16 heavy (non-hydrogen) atoms. The Bertz CT molecular complexity index is 493. The molecule has 0 radical (unpaired) electrons. The molecule has 1 saturated heterocycles. The highest BCUT2D eigenvalue weighted by Gasteiger charge is 2.18. The van der Waals surface area contributed by atoms with Crippen LogP contribution in [0.5, 0.6) is 0 Å². The van der Waals surface area contributed by atoms with E-state index < -0.39 is 0 Å². The molecule has 0 aromatic carbocycles. The van der Waals surface area contributed by atoms with Gasteiger partial charge in [0, 0.05) is 13.1 Å². The van der Waals surface area contributed by atoms with Gasteiger partial charge in [0.2, 0.25) is 0 Å². The zero-order valence-corrected chi connectivity index (χ0v) is 9.24. The summed E-state index contributed by atoms with van der Waals surface area (Å²) in [7, 11) is 0. The van der Waals surface area contributed by atoms with Gasteiger partial charge in [0.25, 0.3) is 0 Å². The van der Waals surface area contributed by atoms with Crippen molar-refractivity contribution in [1.29, 1.82) is 0 Å². The molecular weight excluding hydrogens is 204 g/mol. The number of hydrogen-bond acceptors (Lipinski definition) is 5. The molecule has 0 unspecified atom stereocenters. The van der Waals surface area contributed by atoms with Crippen molar-refractivity contribution in [3.05, 3.63) is 12.1 Å². The summed E-state index contributed by atoms with van der Waals surface area (Å²) in [5.74, 6) is 1.70. The van der Waals surface area contributed by atoms with Crippen LogP contribution >= 0.6 is 0 Å². The summed E-state index contributed by atoms with van der Waals surface area (Å²) in [5.41, 5.74) is 0.689. The van der Waals surface area contributed by atoms with Gasteiger partial charge in [-0.1, -0.05) is 6.92 Å². The Morgan fingerprint density at radius 3 is 3.19 bits per heavy atom. The van der Waals surface area contributed by atoms with E-state index in [0.717, 1.165) is 24.8 Å². The Morgan fingerprint density at radius 2 is 2.31 bits per heavy atom. The van der Waals surface area contributed by atoms with E-state index in [1.54, 1.807) is 0 Å². The highest BCUT2D eigenvalue weighted by molar-refractivity contribution is 5.44. The number of hydrogen-bond donors (Lipinski definition) is 0. The predicted molar refractivity (Wildman–Crippen MR) is 59.2 cm³/mol. The molecule has 0 amide bonds. The normalized spacial score (nSPS) is 21.6. The second-order valence-corrected chi connectivity index (χ2v) is 4.41. The van der Waals surface area contributed by atoms with Crippen molar-refractivity contribution in [2.24, 2.45) is 5.92 Å². The molecule has 6 heteroatoms. The maximum atomic E-state index is 4.40. The van der Waals surface area contributed by atoms with Crippen molar-refractivity contribution >= 4 is 11.5 Å². The van der Waals surface area contributed by atoms with E-state index in [4.69, 9.17) is 0 Å². The lowest BCUT2D eigenvalue weighted by Crippen LogP contribution is -2.35. The number of rotatable bonds is 1. The van der Waals surface area contributed by atoms with Gasteiger partial charge in [-0.2, -0.15) is 0 Å². The Hall–Kier alpha value is -1.72.